The summed E-state index contributed by atoms with van der Waals surface area (Å²) in [6, 6.07) is 1.97. The second kappa shape index (κ2) is 11.6. The van der Waals surface area contributed by atoms with Gasteiger partial charge in [0.1, 0.15) is 28.9 Å². The van der Waals surface area contributed by atoms with Gasteiger partial charge < -0.3 is 19.7 Å². The Morgan fingerprint density at radius 3 is 2.54 bits per heavy atom. The van der Waals surface area contributed by atoms with Gasteiger partial charge >= 0.3 is 18.1 Å². The molecule has 2 aliphatic rings. The maximum Gasteiger partial charge on any atom is 0.491 e. The molecule has 186 valence electrons. The van der Waals surface area contributed by atoms with Crippen LogP contribution in [0.3, 0.4) is 0 Å². The van der Waals surface area contributed by atoms with E-state index in [9.17, 15) is 33.0 Å². The molecule has 1 aromatic carbocycles. The highest BCUT2D eigenvalue weighted by Crippen LogP contribution is 2.32. The van der Waals surface area contributed by atoms with Crippen molar-refractivity contribution in [1.29, 1.82) is 0 Å². The molecule has 0 radical (unpaired) electrons. The van der Waals surface area contributed by atoms with Crippen LogP contribution < -0.4 is 0 Å². The molecule has 1 aliphatic heterocycles. The summed E-state index contributed by atoms with van der Waals surface area (Å²) in [6.07, 6.45) is 12.2. The first-order chi connectivity index (χ1) is 16.6. The van der Waals surface area contributed by atoms with Crippen molar-refractivity contribution in [3.05, 3.63) is 77.6 Å². The molecule has 0 saturated carbocycles. The van der Waals surface area contributed by atoms with E-state index in [2.05, 4.69) is 4.74 Å². The van der Waals surface area contributed by atoms with Crippen LogP contribution in [0.4, 0.5) is 13.2 Å². The van der Waals surface area contributed by atoms with Gasteiger partial charge in [-0.2, -0.15) is 13.2 Å². The highest BCUT2D eigenvalue weighted by atomic mass is 19.4. The topological polar surface area (TPSA) is 93.1 Å². The summed E-state index contributed by atoms with van der Waals surface area (Å²) >= 11 is 0. The molecule has 0 amide bonds. The SMILES string of the molecule is O=C1O[C@H](CC2C=CC=CC2)C/C=C/CC/C=C/C(OC(=O)C(F)(F)F)=C/c2cc(O)cc(O)c21. The Labute approximate surface area is 200 Å². The zero-order valence-electron chi connectivity index (χ0n) is 18.7. The summed E-state index contributed by atoms with van der Waals surface area (Å²) < 4.78 is 48.5. The van der Waals surface area contributed by atoms with Crippen LogP contribution in [-0.2, 0) is 14.3 Å². The Balaban J connectivity index is 1.99. The van der Waals surface area contributed by atoms with E-state index in [0.717, 1.165) is 30.7 Å². The molecule has 0 saturated heterocycles. The van der Waals surface area contributed by atoms with Crippen molar-refractivity contribution in [3.8, 4) is 11.5 Å². The predicted molar refractivity (Wildman–Crippen MR) is 122 cm³/mol. The van der Waals surface area contributed by atoms with Gasteiger partial charge in [-0.25, -0.2) is 9.59 Å². The van der Waals surface area contributed by atoms with Crippen molar-refractivity contribution in [1.82, 2.24) is 0 Å². The monoisotopic (exact) mass is 490 g/mol. The minimum absolute atomic E-state index is 0.147. The van der Waals surface area contributed by atoms with E-state index in [-0.39, 0.29) is 17.0 Å². The molecule has 1 aliphatic carbocycles. The Morgan fingerprint density at radius 1 is 1.06 bits per heavy atom. The molecule has 0 fully saturated rings. The van der Waals surface area contributed by atoms with Crippen LogP contribution in [0.2, 0.25) is 0 Å². The van der Waals surface area contributed by atoms with Crippen molar-refractivity contribution < 1.29 is 42.4 Å². The Hall–Kier alpha value is -3.75. The quantitative estimate of drug-likeness (QED) is 0.406. The highest BCUT2D eigenvalue weighted by Gasteiger charge is 2.41. The van der Waals surface area contributed by atoms with Crippen molar-refractivity contribution in [2.24, 2.45) is 5.92 Å². The number of ether oxygens (including phenoxy) is 2. The molecule has 35 heavy (non-hydrogen) atoms. The number of alkyl halides is 3. The maximum absolute atomic E-state index is 13.1. The van der Waals surface area contributed by atoms with E-state index in [1.54, 1.807) is 0 Å². The van der Waals surface area contributed by atoms with E-state index >= 15 is 0 Å². The molecule has 6 nitrogen and oxygen atoms in total. The summed E-state index contributed by atoms with van der Waals surface area (Å²) in [5.41, 5.74) is -0.546. The average Bonchev–Trinajstić information content (AvgIpc) is 2.77. The lowest BCUT2D eigenvalue weighted by atomic mass is 9.93. The molecule has 2 atom stereocenters. The maximum atomic E-state index is 13.1. The summed E-state index contributed by atoms with van der Waals surface area (Å²) in [4.78, 5) is 24.5. The molecule has 0 bridgehead atoms. The smallest absolute Gasteiger partial charge is 0.491 e. The average molecular weight is 490 g/mol. The van der Waals surface area contributed by atoms with Crippen molar-refractivity contribution in [2.45, 2.75) is 44.4 Å². The molecule has 0 spiro atoms. The predicted octanol–water partition coefficient (Wildman–Crippen LogP) is 5.89. The zero-order valence-corrected chi connectivity index (χ0v) is 18.7. The molecular formula is C26H25F3O6. The van der Waals surface area contributed by atoms with Crippen LogP contribution in [0.5, 0.6) is 11.5 Å². The van der Waals surface area contributed by atoms with Crippen molar-refractivity contribution >= 4 is 18.0 Å². The minimum atomic E-state index is -5.24. The lowest BCUT2D eigenvalue weighted by Gasteiger charge is -2.22. The molecule has 3 rings (SSSR count). The van der Waals surface area contributed by atoms with Gasteiger partial charge in [-0.05, 0) is 49.8 Å². The molecule has 0 aromatic heterocycles. The largest absolute Gasteiger partial charge is 0.508 e. The van der Waals surface area contributed by atoms with Gasteiger partial charge in [-0.1, -0.05) is 42.5 Å². The number of esters is 2. The molecule has 1 unspecified atom stereocenters. The second-order valence-electron chi connectivity index (χ2n) is 8.12. The van der Waals surface area contributed by atoms with Crippen LogP contribution in [-0.4, -0.2) is 34.4 Å². The zero-order chi connectivity index (χ0) is 25.4. The van der Waals surface area contributed by atoms with Gasteiger partial charge in [0.2, 0.25) is 0 Å². The lowest BCUT2D eigenvalue weighted by molar-refractivity contribution is -0.194. The highest BCUT2D eigenvalue weighted by molar-refractivity contribution is 5.97. The third-order valence-electron chi connectivity index (χ3n) is 5.33. The van der Waals surface area contributed by atoms with Gasteiger partial charge in [-0.3, -0.25) is 0 Å². The number of aromatic hydroxyl groups is 2. The number of phenols is 2. The number of carbonyl (C=O) groups is 2. The fourth-order valence-electron chi connectivity index (χ4n) is 3.70. The molecular weight excluding hydrogens is 465 g/mol. The van der Waals surface area contributed by atoms with Gasteiger partial charge in [0, 0.05) is 18.1 Å². The second-order valence-corrected chi connectivity index (χ2v) is 8.12. The third-order valence-corrected chi connectivity index (χ3v) is 5.33. The summed E-state index contributed by atoms with van der Waals surface area (Å²) in [7, 11) is 0. The summed E-state index contributed by atoms with van der Waals surface area (Å²) in [5, 5.41) is 20.3. The number of benzene rings is 1. The minimum Gasteiger partial charge on any atom is -0.508 e. The van der Waals surface area contributed by atoms with Gasteiger partial charge in [-0.15, -0.1) is 0 Å². The number of phenolic OH excluding ortho intramolecular Hbond substituents is 2. The van der Waals surface area contributed by atoms with E-state index in [1.165, 1.54) is 6.08 Å². The number of rotatable bonds is 3. The molecule has 1 heterocycles. The normalized spacial score (nSPS) is 24.3. The van der Waals surface area contributed by atoms with E-state index in [0.29, 0.717) is 25.7 Å². The number of hydrogen-bond acceptors (Lipinski definition) is 6. The van der Waals surface area contributed by atoms with Crippen molar-refractivity contribution in [2.75, 3.05) is 0 Å². The van der Waals surface area contributed by atoms with Crippen LogP contribution in [0.1, 0.15) is 48.0 Å². The molecule has 1 aromatic rings. The van der Waals surface area contributed by atoms with Crippen LogP contribution in [0.15, 0.2) is 66.5 Å². The summed E-state index contributed by atoms with van der Waals surface area (Å²) in [6.45, 7) is 0. The Morgan fingerprint density at radius 2 is 1.83 bits per heavy atom. The number of fused-ring (bicyclic) bond motifs is 1. The van der Waals surface area contributed by atoms with E-state index in [1.807, 2.05) is 36.5 Å². The summed E-state index contributed by atoms with van der Waals surface area (Å²) in [5.74, 6) is -4.83. The fourth-order valence-corrected chi connectivity index (χ4v) is 3.70. The first-order valence-corrected chi connectivity index (χ1v) is 11.1. The first kappa shape index (κ1) is 25.9. The number of allylic oxidation sites excluding steroid dienone is 7. The Kier molecular flexibility index (Phi) is 8.57. The van der Waals surface area contributed by atoms with Gasteiger partial charge in [0.25, 0.3) is 0 Å². The van der Waals surface area contributed by atoms with Crippen LogP contribution in [0, 0.1) is 5.92 Å². The number of hydrogen-bond donors (Lipinski definition) is 2. The molecule has 2 N–H and O–H groups in total. The third kappa shape index (κ3) is 7.63. The van der Waals surface area contributed by atoms with E-state index < -0.39 is 41.5 Å². The number of halogens is 3. The first-order valence-electron chi connectivity index (χ1n) is 11.1. The van der Waals surface area contributed by atoms with Crippen LogP contribution >= 0.6 is 0 Å². The van der Waals surface area contributed by atoms with E-state index in [4.69, 9.17) is 4.74 Å². The molecule has 9 heteroatoms. The number of cyclic esters (lactones) is 1. The fraction of sp³-hybridized carbons (Fsp3) is 0.308. The van der Waals surface area contributed by atoms with Crippen molar-refractivity contribution in [3.63, 3.8) is 0 Å². The van der Waals surface area contributed by atoms with Crippen LogP contribution in [0.25, 0.3) is 6.08 Å². The van der Waals surface area contributed by atoms with Gasteiger partial charge in [0.05, 0.1) is 0 Å². The Bertz CT molecular complexity index is 1100. The number of carbonyl (C=O) groups excluding carboxylic acids is 2. The lowest BCUT2D eigenvalue weighted by Crippen LogP contribution is -2.25. The van der Waals surface area contributed by atoms with Gasteiger partial charge in [0.15, 0.2) is 0 Å². The standard InChI is InChI=1S/C26H25F3O6/c27-26(28,29)25(33)35-21-12-8-3-1-2-7-11-20(13-17-9-5-4-6-10-17)34-24(32)23-18(15-21)14-19(30)16-22(23)31/h2,4-9,12,14-17,20,30-31H,1,3,10-11,13H2/b7-2+,12-8+,21-15-/t17?,20-/m0/s1.